The van der Waals surface area contributed by atoms with Crippen molar-refractivity contribution in [2.24, 2.45) is 0 Å². The zero-order valence-electron chi connectivity index (χ0n) is 16.0. The highest BCUT2D eigenvalue weighted by Gasteiger charge is 2.18. The Morgan fingerprint density at radius 1 is 1.07 bits per heavy atom. The van der Waals surface area contributed by atoms with E-state index in [1.54, 1.807) is 13.0 Å². The summed E-state index contributed by atoms with van der Waals surface area (Å²) in [5.74, 6) is -0.121. The fourth-order valence-corrected chi connectivity index (χ4v) is 2.86. The van der Waals surface area contributed by atoms with Gasteiger partial charge in [0.05, 0.1) is 17.5 Å². The number of aryl methyl sites for hydroxylation is 1. The van der Waals surface area contributed by atoms with Crippen LogP contribution in [0.5, 0.6) is 0 Å². The van der Waals surface area contributed by atoms with Crippen LogP contribution < -0.4 is 16.2 Å². The fourth-order valence-electron chi connectivity index (χ4n) is 2.86. The van der Waals surface area contributed by atoms with Crippen LogP contribution in [0.4, 0.5) is 11.4 Å². The summed E-state index contributed by atoms with van der Waals surface area (Å²) in [6.07, 6.45) is 1.44. The standard InChI is InChI=1S/C19H20N6O3/c1-10-5-6-15(11(2)18(10)21-13(4)26)22-19(28)14-9-20-25(12(14)3)16-7-8-17(27)24-23-16/h5-9H,1-4H3,(H,21,26)(H,22,28)(H,24,27). The molecule has 3 aromatic rings. The molecule has 0 spiro atoms. The van der Waals surface area contributed by atoms with Gasteiger partial charge in [-0.1, -0.05) is 6.07 Å². The van der Waals surface area contributed by atoms with Crippen molar-refractivity contribution in [2.45, 2.75) is 27.7 Å². The molecule has 0 saturated carbocycles. The summed E-state index contributed by atoms with van der Waals surface area (Å²) in [5, 5.41) is 16.1. The molecule has 0 fully saturated rings. The molecule has 0 atom stereocenters. The van der Waals surface area contributed by atoms with Crippen LogP contribution >= 0.6 is 0 Å². The van der Waals surface area contributed by atoms with Gasteiger partial charge in [0.15, 0.2) is 5.82 Å². The predicted molar refractivity (Wildman–Crippen MR) is 105 cm³/mol. The van der Waals surface area contributed by atoms with Gasteiger partial charge in [0.25, 0.3) is 11.5 Å². The van der Waals surface area contributed by atoms with Gasteiger partial charge in [0.2, 0.25) is 5.91 Å². The van der Waals surface area contributed by atoms with Gasteiger partial charge in [-0.05, 0) is 44.0 Å². The van der Waals surface area contributed by atoms with E-state index in [0.717, 1.165) is 11.1 Å². The first kappa shape index (κ1) is 19.0. The Morgan fingerprint density at radius 2 is 1.82 bits per heavy atom. The minimum atomic E-state index is -0.339. The summed E-state index contributed by atoms with van der Waals surface area (Å²) in [7, 11) is 0. The van der Waals surface area contributed by atoms with Gasteiger partial charge in [-0.25, -0.2) is 9.78 Å². The average Bonchev–Trinajstić information content (AvgIpc) is 3.03. The SMILES string of the molecule is CC(=O)Nc1c(C)ccc(NC(=O)c2cnn(-c3ccc(=O)[nH]n3)c2C)c1C. The topological polar surface area (TPSA) is 122 Å². The van der Waals surface area contributed by atoms with Gasteiger partial charge in [-0.3, -0.25) is 14.4 Å². The number of benzene rings is 1. The summed E-state index contributed by atoms with van der Waals surface area (Å²) >= 11 is 0. The number of carbonyl (C=O) groups is 2. The lowest BCUT2D eigenvalue weighted by Gasteiger charge is -2.15. The molecule has 2 aromatic heterocycles. The second-order valence-electron chi connectivity index (χ2n) is 6.40. The molecule has 0 aliphatic heterocycles. The van der Waals surface area contributed by atoms with E-state index >= 15 is 0 Å². The Kier molecular flexibility index (Phi) is 5.08. The number of H-pyrrole nitrogens is 1. The Labute approximate surface area is 160 Å². The Bertz CT molecular complexity index is 1110. The average molecular weight is 380 g/mol. The van der Waals surface area contributed by atoms with Crippen molar-refractivity contribution in [1.82, 2.24) is 20.0 Å². The molecule has 0 radical (unpaired) electrons. The number of carbonyl (C=O) groups excluding carboxylic acids is 2. The molecule has 0 saturated heterocycles. The van der Waals surface area contributed by atoms with Crippen molar-refractivity contribution in [3.63, 3.8) is 0 Å². The van der Waals surface area contributed by atoms with Crippen LogP contribution in [0.1, 0.15) is 34.1 Å². The molecular weight excluding hydrogens is 360 g/mol. The lowest BCUT2D eigenvalue weighted by molar-refractivity contribution is -0.114. The lowest BCUT2D eigenvalue weighted by atomic mass is 10.1. The van der Waals surface area contributed by atoms with Crippen LogP contribution in [0.2, 0.25) is 0 Å². The molecule has 2 heterocycles. The predicted octanol–water partition coefficient (Wildman–Crippen LogP) is 2.09. The number of amides is 2. The first-order valence-electron chi connectivity index (χ1n) is 8.58. The molecule has 0 unspecified atom stereocenters. The Balaban J connectivity index is 1.89. The zero-order chi connectivity index (χ0) is 20.4. The third-order valence-corrected chi connectivity index (χ3v) is 4.36. The van der Waals surface area contributed by atoms with Gasteiger partial charge in [-0.15, -0.1) is 0 Å². The Morgan fingerprint density at radius 3 is 2.46 bits per heavy atom. The number of hydrogen-bond acceptors (Lipinski definition) is 5. The van der Waals surface area contributed by atoms with E-state index in [2.05, 4.69) is 25.9 Å². The van der Waals surface area contributed by atoms with Gasteiger partial charge in [0, 0.05) is 24.4 Å². The number of anilines is 2. The van der Waals surface area contributed by atoms with Gasteiger partial charge in [0.1, 0.15) is 0 Å². The third kappa shape index (κ3) is 3.68. The van der Waals surface area contributed by atoms with Crippen molar-refractivity contribution < 1.29 is 9.59 Å². The quantitative estimate of drug-likeness (QED) is 0.640. The molecule has 28 heavy (non-hydrogen) atoms. The maximum absolute atomic E-state index is 12.8. The maximum atomic E-state index is 12.8. The van der Waals surface area contributed by atoms with E-state index in [1.165, 1.54) is 29.9 Å². The van der Waals surface area contributed by atoms with Crippen LogP contribution in [0.3, 0.4) is 0 Å². The van der Waals surface area contributed by atoms with Gasteiger partial charge < -0.3 is 10.6 Å². The first-order chi connectivity index (χ1) is 13.3. The van der Waals surface area contributed by atoms with E-state index in [0.29, 0.717) is 28.5 Å². The maximum Gasteiger partial charge on any atom is 0.264 e. The normalized spacial score (nSPS) is 10.6. The minimum absolute atomic E-state index is 0.180. The molecule has 0 aliphatic carbocycles. The molecule has 0 bridgehead atoms. The van der Waals surface area contributed by atoms with Gasteiger partial charge >= 0.3 is 0 Å². The smallest absolute Gasteiger partial charge is 0.264 e. The minimum Gasteiger partial charge on any atom is -0.326 e. The molecule has 9 nitrogen and oxygen atoms in total. The molecule has 3 N–H and O–H groups in total. The number of nitrogens with zero attached hydrogens (tertiary/aromatic N) is 3. The largest absolute Gasteiger partial charge is 0.326 e. The van der Waals surface area contributed by atoms with Crippen molar-refractivity contribution >= 4 is 23.2 Å². The van der Waals surface area contributed by atoms with E-state index in [9.17, 15) is 14.4 Å². The molecule has 144 valence electrons. The molecular formula is C19H20N6O3. The van der Waals surface area contributed by atoms with Crippen LogP contribution in [0.25, 0.3) is 5.82 Å². The summed E-state index contributed by atoms with van der Waals surface area (Å²) < 4.78 is 1.47. The lowest BCUT2D eigenvalue weighted by Crippen LogP contribution is -2.16. The number of aromatic amines is 1. The molecule has 9 heteroatoms. The highest BCUT2D eigenvalue weighted by Crippen LogP contribution is 2.28. The van der Waals surface area contributed by atoms with Crippen LogP contribution in [-0.4, -0.2) is 31.8 Å². The van der Waals surface area contributed by atoms with Crippen molar-refractivity contribution in [2.75, 3.05) is 10.6 Å². The van der Waals surface area contributed by atoms with Crippen molar-refractivity contribution in [3.05, 3.63) is 63.2 Å². The van der Waals surface area contributed by atoms with E-state index in [4.69, 9.17) is 0 Å². The van der Waals surface area contributed by atoms with E-state index in [1.807, 2.05) is 19.9 Å². The first-order valence-corrected chi connectivity index (χ1v) is 8.58. The Hall–Kier alpha value is -3.75. The molecule has 2 amide bonds. The number of nitrogens with one attached hydrogen (secondary N) is 3. The summed E-state index contributed by atoms with van der Waals surface area (Å²) in [5.41, 5.74) is 3.55. The number of rotatable bonds is 4. The molecule has 3 rings (SSSR count). The highest BCUT2D eigenvalue weighted by molar-refractivity contribution is 6.06. The zero-order valence-corrected chi connectivity index (χ0v) is 16.0. The number of aromatic nitrogens is 4. The molecule has 0 aliphatic rings. The van der Waals surface area contributed by atoms with Crippen molar-refractivity contribution in [1.29, 1.82) is 0 Å². The van der Waals surface area contributed by atoms with E-state index < -0.39 is 0 Å². The summed E-state index contributed by atoms with van der Waals surface area (Å²) in [4.78, 5) is 35.4. The summed E-state index contributed by atoms with van der Waals surface area (Å²) in [6.45, 7) is 6.88. The summed E-state index contributed by atoms with van der Waals surface area (Å²) in [6, 6.07) is 6.47. The van der Waals surface area contributed by atoms with Gasteiger partial charge in [-0.2, -0.15) is 10.2 Å². The second-order valence-corrected chi connectivity index (χ2v) is 6.40. The third-order valence-electron chi connectivity index (χ3n) is 4.36. The second kappa shape index (κ2) is 7.47. The number of hydrogen-bond donors (Lipinski definition) is 3. The van der Waals surface area contributed by atoms with Crippen LogP contribution in [0, 0.1) is 20.8 Å². The highest BCUT2D eigenvalue weighted by atomic mass is 16.2. The molecule has 1 aromatic carbocycles. The monoisotopic (exact) mass is 380 g/mol. The fraction of sp³-hybridized carbons (Fsp3) is 0.211. The van der Waals surface area contributed by atoms with Crippen LogP contribution in [0.15, 0.2) is 35.3 Å². The van der Waals surface area contributed by atoms with E-state index in [-0.39, 0.29) is 17.4 Å². The van der Waals surface area contributed by atoms with Crippen LogP contribution in [-0.2, 0) is 4.79 Å². The van der Waals surface area contributed by atoms with Crippen molar-refractivity contribution in [3.8, 4) is 5.82 Å².